The van der Waals surface area contributed by atoms with Gasteiger partial charge in [0.25, 0.3) is 0 Å². The minimum atomic E-state index is -0.0484. The maximum Gasteiger partial charge on any atom is 0.124 e. The van der Waals surface area contributed by atoms with Crippen molar-refractivity contribution in [3.8, 4) is 5.75 Å². The van der Waals surface area contributed by atoms with Crippen molar-refractivity contribution in [2.45, 2.75) is 26.4 Å². The molecule has 0 radical (unpaired) electrons. The molecular formula is C15H20ClN3O. The van der Waals surface area contributed by atoms with Gasteiger partial charge >= 0.3 is 0 Å². The van der Waals surface area contributed by atoms with Gasteiger partial charge in [-0.1, -0.05) is 29.8 Å². The van der Waals surface area contributed by atoms with Crippen LogP contribution in [0.4, 0.5) is 0 Å². The monoisotopic (exact) mass is 293 g/mol. The Kier molecular flexibility index (Phi) is 5.04. The summed E-state index contributed by atoms with van der Waals surface area (Å²) in [5, 5.41) is 8.28. The van der Waals surface area contributed by atoms with Crippen LogP contribution in [0.5, 0.6) is 5.75 Å². The summed E-state index contributed by atoms with van der Waals surface area (Å²) in [5.41, 5.74) is 2.03. The fourth-order valence-electron chi connectivity index (χ4n) is 2.36. The molecule has 0 aliphatic heterocycles. The summed E-state index contributed by atoms with van der Waals surface area (Å²) in [4.78, 5) is 0. The Morgan fingerprint density at radius 3 is 2.75 bits per heavy atom. The molecule has 0 aliphatic rings. The topological polar surface area (TPSA) is 39.1 Å². The fourth-order valence-corrected chi connectivity index (χ4v) is 2.61. The van der Waals surface area contributed by atoms with Crippen molar-refractivity contribution in [2.75, 3.05) is 13.7 Å². The third-order valence-electron chi connectivity index (χ3n) is 3.22. The quantitative estimate of drug-likeness (QED) is 0.888. The molecule has 1 unspecified atom stereocenters. The Balaban J connectivity index is 2.49. The van der Waals surface area contributed by atoms with Crippen LogP contribution in [0, 0.1) is 0 Å². The van der Waals surface area contributed by atoms with Gasteiger partial charge in [-0.25, -0.2) is 0 Å². The Bertz CT molecular complexity index is 568. The molecule has 0 bridgehead atoms. The van der Waals surface area contributed by atoms with Crippen LogP contribution >= 0.6 is 11.6 Å². The SMILES string of the molecule is CCOc1ccccc1C(NC)c1c(Cl)cnn1CC. The Morgan fingerprint density at radius 1 is 1.35 bits per heavy atom. The number of hydrogen-bond acceptors (Lipinski definition) is 3. The minimum Gasteiger partial charge on any atom is -0.494 e. The first kappa shape index (κ1) is 14.9. The third-order valence-corrected chi connectivity index (χ3v) is 3.52. The van der Waals surface area contributed by atoms with Gasteiger partial charge in [0.15, 0.2) is 0 Å². The van der Waals surface area contributed by atoms with Crippen molar-refractivity contribution in [2.24, 2.45) is 0 Å². The number of benzene rings is 1. The molecule has 1 atom stereocenters. The van der Waals surface area contributed by atoms with E-state index in [1.54, 1.807) is 6.20 Å². The lowest BCUT2D eigenvalue weighted by molar-refractivity contribution is 0.333. The highest BCUT2D eigenvalue weighted by atomic mass is 35.5. The van der Waals surface area contributed by atoms with Crippen molar-refractivity contribution >= 4 is 11.6 Å². The van der Waals surface area contributed by atoms with Gasteiger partial charge in [-0.2, -0.15) is 5.10 Å². The normalized spacial score (nSPS) is 12.4. The van der Waals surface area contributed by atoms with E-state index in [0.29, 0.717) is 11.6 Å². The number of para-hydroxylation sites is 1. The summed E-state index contributed by atoms with van der Waals surface area (Å²) in [5.74, 6) is 0.870. The van der Waals surface area contributed by atoms with Crippen LogP contribution in [0.3, 0.4) is 0 Å². The van der Waals surface area contributed by atoms with Crippen molar-refractivity contribution in [1.29, 1.82) is 0 Å². The molecule has 20 heavy (non-hydrogen) atoms. The van der Waals surface area contributed by atoms with Crippen molar-refractivity contribution in [3.63, 3.8) is 0 Å². The lowest BCUT2D eigenvalue weighted by atomic mass is 10.0. The zero-order valence-corrected chi connectivity index (χ0v) is 12.8. The molecule has 1 heterocycles. The van der Waals surface area contributed by atoms with E-state index in [-0.39, 0.29) is 6.04 Å². The highest BCUT2D eigenvalue weighted by molar-refractivity contribution is 6.31. The van der Waals surface area contributed by atoms with Gasteiger partial charge in [0.2, 0.25) is 0 Å². The first-order valence-electron chi connectivity index (χ1n) is 6.83. The van der Waals surface area contributed by atoms with Crippen LogP contribution < -0.4 is 10.1 Å². The Labute approximate surface area is 124 Å². The van der Waals surface area contributed by atoms with Gasteiger partial charge in [0.1, 0.15) is 5.75 Å². The van der Waals surface area contributed by atoms with Gasteiger partial charge in [0.05, 0.1) is 29.6 Å². The van der Waals surface area contributed by atoms with Gasteiger partial charge in [-0.15, -0.1) is 0 Å². The average Bonchev–Trinajstić information content (AvgIpc) is 2.83. The Morgan fingerprint density at radius 2 is 2.10 bits per heavy atom. The van der Waals surface area contributed by atoms with E-state index in [1.165, 1.54) is 0 Å². The van der Waals surface area contributed by atoms with Crippen LogP contribution in [0.25, 0.3) is 0 Å². The first-order chi connectivity index (χ1) is 9.72. The third kappa shape index (κ3) is 2.81. The summed E-state index contributed by atoms with van der Waals surface area (Å²) < 4.78 is 7.63. The zero-order chi connectivity index (χ0) is 14.5. The molecule has 5 heteroatoms. The number of rotatable bonds is 6. The molecule has 0 aliphatic carbocycles. The Hall–Kier alpha value is -1.52. The second-order valence-corrected chi connectivity index (χ2v) is 4.79. The molecule has 0 spiro atoms. The molecule has 0 saturated carbocycles. The van der Waals surface area contributed by atoms with E-state index in [0.717, 1.165) is 23.6 Å². The van der Waals surface area contributed by atoms with E-state index in [1.807, 2.05) is 43.8 Å². The van der Waals surface area contributed by atoms with Gasteiger partial charge in [-0.05, 0) is 27.0 Å². The number of aromatic nitrogens is 2. The molecule has 2 rings (SSSR count). The predicted molar refractivity (Wildman–Crippen MR) is 81.4 cm³/mol. The van der Waals surface area contributed by atoms with E-state index in [9.17, 15) is 0 Å². The molecule has 0 amide bonds. The van der Waals surface area contributed by atoms with Crippen molar-refractivity contribution in [3.05, 3.63) is 46.7 Å². The molecule has 4 nitrogen and oxygen atoms in total. The zero-order valence-electron chi connectivity index (χ0n) is 12.1. The second-order valence-electron chi connectivity index (χ2n) is 4.39. The summed E-state index contributed by atoms with van der Waals surface area (Å²) in [6.07, 6.45) is 1.69. The molecule has 2 aromatic rings. The second kappa shape index (κ2) is 6.77. The fraction of sp³-hybridized carbons (Fsp3) is 0.400. The highest BCUT2D eigenvalue weighted by Gasteiger charge is 2.23. The maximum absolute atomic E-state index is 6.31. The number of halogens is 1. The summed E-state index contributed by atoms with van der Waals surface area (Å²) in [6, 6.07) is 7.95. The van der Waals surface area contributed by atoms with Crippen LogP contribution in [0.1, 0.15) is 31.1 Å². The molecule has 108 valence electrons. The van der Waals surface area contributed by atoms with Gasteiger partial charge in [0, 0.05) is 12.1 Å². The molecule has 1 N–H and O–H groups in total. The van der Waals surface area contributed by atoms with Crippen LogP contribution in [0.2, 0.25) is 5.02 Å². The maximum atomic E-state index is 6.31. The van der Waals surface area contributed by atoms with Crippen LogP contribution in [-0.2, 0) is 6.54 Å². The minimum absolute atomic E-state index is 0.0484. The van der Waals surface area contributed by atoms with Gasteiger partial charge in [-0.3, -0.25) is 4.68 Å². The van der Waals surface area contributed by atoms with Gasteiger partial charge < -0.3 is 10.1 Å². The average molecular weight is 294 g/mol. The number of aryl methyl sites for hydroxylation is 1. The highest BCUT2D eigenvalue weighted by Crippen LogP contribution is 2.33. The lowest BCUT2D eigenvalue weighted by Crippen LogP contribution is -2.22. The predicted octanol–water partition coefficient (Wildman–Crippen LogP) is 3.26. The van der Waals surface area contributed by atoms with Crippen molar-refractivity contribution < 1.29 is 4.74 Å². The summed E-state index contributed by atoms with van der Waals surface area (Å²) in [7, 11) is 1.91. The number of ether oxygens (including phenoxy) is 1. The van der Waals surface area contributed by atoms with Crippen LogP contribution in [-0.4, -0.2) is 23.4 Å². The number of hydrogen-bond donors (Lipinski definition) is 1. The van der Waals surface area contributed by atoms with E-state index in [4.69, 9.17) is 16.3 Å². The van der Waals surface area contributed by atoms with E-state index >= 15 is 0 Å². The van der Waals surface area contributed by atoms with E-state index < -0.39 is 0 Å². The molecule has 1 aromatic carbocycles. The van der Waals surface area contributed by atoms with E-state index in [2.05, 4.69) is 16.5 Å². The molecule has 1 aromatic heterocycles. The largest absolute Gasteiger partial charge is 0.494 e. The molecular weight excluding hydrogens is 274 g/mol. The van der Waals surface area contributed by atoms with Crippen molar-refractivity contribution in [1.82, 2.24) is 15.1 Å². The standard InChI is InChI=1S/C15H20ClN3O/c1-4-19-15(12(16)10-18-19)14(17-3)11-8-6-7-9-13(11)20-5-2/h6-10,14,17H,4-5H2,1-3H3. The number of nitrogens with one attached hydrogen (secondary N) is 1. The molecule has 0 saturated heterocycles. The summed E-state index contributed by atoms with van der Waals surface area (Å²) in [6.45, 7) is 5.44. The molecule has 0 fully saturated rings. The first-order valence-corrected chi connectivity index (χ1v) is 7.20. The lowest BCUT2D eigenvalue weighted by Gasteiger charge is -2.21. The number of nitrogens with zero attached hydrogens (tertiary/aromatic N) is 2. The smallest absolute Gasteiger partial charge is 0.124 e. The van der Waals surface area contributed by atoms with Crippen LogP contribution in [0.15, 0.2) is 30.5 Å². The summed E-state index contributed by atoms with van der Waals surface area (Å²) >= 11 is 6.31.